The van der Waals surface area contributed by atoms with Gasteiger partial charge in [-0.25, -0.2) is 13.8 Å². The van der Waals surface area contributed by atoms with Gasteiger partial charge in [0.25, 0.3) is 5.91 Å². The lowest BCUT2D eigenvalue weighted by atomic mass is 10.1. The van der Waals surface area contributed by atoms with Crippen molar-refractivity contribution in [3.63, 3.8) is 0 Å². The highest BCUT2D eigenvalue weighted by Crippen LogP contribution is 2.37. The summed E-state index contributed by atoms with van der Waals surface area (Å²) in [5.74, 6) is 0.734. The number of aryl methyl sites for hydroxylation is 3. The van der Waals surface area contributed by atoms with Crippen molar-refractivity contribution in [1.82, 2.24) is 9.73 Å². The second kappa shape index (κ2) is 13.3. The van der Waals surface area contributed by atoms with Crippen LogP contribution in [-0.4, -0.2) is 59.3 Å². The third kappa shape index (κ3) is 7.36. The van der Waals surface area contributed by atoms with Gasteiger partial charge in [-0.2, -0.15) is 9.41 Å². The van der Waals surface area contributed by atoms with E-state index in [0.29, 0.717) is 40.4 Å². The van der Waals surface area contributed by atoms with E-state index < -0.39 is 22.5 Å². The van der Waals surface area contributed by atoms with E-state index in [-0.39, 0.29) is 11.4 Å². The van der Waals surface area contributed by atoms with Gasteiger partial charge in [0.2, 0.25) is 15.8 Å². The standard InChI is InChI=1S/C29H35N3O6S/c1-20-14-21(2)29(22(3)15-20)39(34,35)32(13-12-23-10-8-7-9-11-23)19-27(33)31-30-18-24-16-25(36-4)28(38-6)26(17-24)37-5/h7-11,14-18H,12-13,19H2,1-6H3,(H,31,33)/b30-18-. The van der Waals surface area contributed by atoms with E-state index >= 15 is 0 Å². The SMILES string of the molecule is COc1cc(/C=N\NC(=O)CN(CCc2ccccc2)S(=O)(=O)c2c(C)cc(C)cc2C)cc(OC)c1OC. The van der Waals surface area contributed by atoms with Crippen LogP contribution < -0.4 is 19.6 Å². The lowest BCUT2D eigenvalue weighted by molar-refractivity contribution is -0.121. The molecule has 0 aromatic heterocycles. The van der Waals surface area contributed by atoms with Crippen LogP contribution in [-0.2, 0) is 21.2 Å². The van der Waals surface area contributed by atoms with Crippen molar-refractivity contribution < 1.29 is 27.4 Å². The number of hydrazone groups is 1. The maximum absolute atomic E-state index is 13.8. The monoisotopic (exact) mass is 553 g/mol. The van der Waals surface area contributed by atoms with Gasteiger partial charge in [-0.05, 0) is 56.0 Å². The lowest BCUT2D eigenvalue weighted by Crippen LogP contribution is -2.41. The molecule has 0 unspecified atom stereocenters. The summed E-state index contributed by atoms with van der Waals surface area (Å²) in [6.45, 7) is 5.19. The number of rotatable bonds is 12. The highest BCUT2D eigenvalue weighted by atomic mass is 32.2. The first kappa shape index (κ1) is 29.7. The van der Waals surface area contributed by atoms with Gasteiger partial charge in [0, 0.05) is 12.1 Å². The third-order valence-corrected chi connectivity index (χ3v) is 8.26. The second-order valence-electron chi connectivity index (χ2n) is 9.05. The lowest BCUT2D eigenvalue weighted by Gasteiger charge is -2.24. The van der Waals surface area contributed by atoms with Gasteiger partial charge in [0.05, 0.1) is 39.0 Å². The normalized spacial score (nSPS) is 11.6. The molecule has 3 aromatic rings. The molecule has 0 aliphatic heterocycles. The zero-order chi connectivity index (χ0) is 28.6. The molecule has 0 aliphatic carbocycles. The highest BCUT2D eigenvalue weighted by molar-refractivity contribution is 7.89. The molecule has 3 aromatic carbocycles. The first-order chi connectivity index (χ1) is 18.6. The predicted octanol–water partition coefficient (Wildman–Crippen LogP) is 4.02. The van der Waals surface area contributed by atoms with E-state index in [9.17, 15) is 13.2 Å². The molecule has 0 fully saturated rings. The quantitative estimate of drug-likeness (QED) is 0.268. The number of hydrogen-bond acceptors (Lipinski definition) is 7. The van der Waals surface area contributed by atoms with E-state index in [4.69, 9.17) is 14.2 Å². The zero-order valence-electron chi connectivity index (χ0n) is 23.1. The third-order valence-electron chi connectivity index (χ3n) is 6.11. The number of carbonyl (C=O) groups is 1. The Hall–Kier alpha value is -3.89. The number of benzene rings is 3. The Morgan fingerprint density at radius 2 is 1.51 bits per heavy atom. The van der Waals surface area contributed by atoms with Crippen LogP contribution in [0.15, 0.2) is 64.6 Å². The molecule has 0 heterocycles. The van der Waals surface area contributed by atoms with Crippen LogP contribution in [0.1, 0.15) is 27.8 Å². The number of nitrogens with one attached hydrogen (secondary N) is 1. The number of ether oxygens (including phenoxy) is 3. The molecule has 39 heavy (non-hydrogen) atoms. The maximum Gasteiger partial charge on any atom is 0.255 e. The minimum Gasteiger partial charge on any atom is -0.493 e. The van der Waals surface area contributed by atoms with E-state index in [1.807, 2.05) is 49.4 Å². The molecule has 0 aliphatic rings. The fraction of sp³-hybridized carbons (Fsp3) is 0.310. The fourth-order valence-corrected chi connectivity index (χ4v) is 6.24. The van der Waals surface area contributed by atoms with E-state index in [2.05, 4.69) is 10.5 Å². The van der Waals surface area contributed by atoms with Crippen molar-refractivity contribution in [2.75, 3.05) is 34.4 Å². The van der Waals surface area contributed by atoms with Crippen LogP contribution in [0.3, 0.4) is 0 Å². The topological polar surface area (TPSA) is 107 Å². The summed E-state index contributed by atoms with van der Waals surface area (Å²) in [6.07, 6.45) is 1.87. The molecular formula is C29H35N3O6S. The Morgan fingerprint density at radius 1 is 0.923 bits per heavy atom. The summed E-state index contributed by atoms with van der Waals surface area (Å²) in [4.78, 5) is 13.1. The van der Waals surface area contributed by atoms with Gasteiger partial charge in [0.15, 0.2) is 11.5 Å². The molecule has 0 saturated heterocycles. The predicted molar refractivity (Wildman–Crippen MR) is 151 cm³/mol. The number of amides is 1. The minimum absolute atomic E-state index is 0.128. The summed E-state index contributed by atoms with van der Waals surface area (Å²) >= 11 is 0. The van der Waals surface area contributed by atoms with Gasteiger partial charge in [0.1, 0.15) is 0 Å². The van der Waals surface area contributed by atoms with Crippen molar-refractivity contribution in [3.05, 3.63) is 82.4 Å². The number of nitrogens with zero attached hydrogens (tertiary/aromatic N) is 2. The molecule has 9 nitrogen and oxygen atoms in total. The molecule has 0 bridgehead atoms. The molecule has 0 atom stereocenters. The first-order valence-corrected chi connectivity index (χ1v) is 13.8. The summed E-state index contributed by atoms with van der Waals surface area (Å²) in [5, 5.41) is 4.02. The average Bonchev–Trinajstić information content (AvgIpc) is 2.90. The Balaban J connectivity index is 1.83. The van der Waals surface area contributed by atoms with Gasteiger partial charge in [-0.1, -0.05) is 48.0 Å². The largest absolute Gasteiger partial charge is 0.493 e. The second-order valence-corrected chi connectivity index (χ2v) is 10.9. The molecule has 0 spiro atoms. The van der Waals surface area contributed by atoms with Crippen molar-refractivity contribution >= 4 is 22.1 Å². The molecule has 0 radical (unpaired) electrons. The summed E-state index contributed by atoms with van der Waals surface area (Å²) in [5.41, 5.74) is 6.24. The van der Waals surface area contributed by atoms with Crippen LogP contribution in [0.25, 0.3) is 0 Å². The van der Waals surface area contributed by atoms with E-state index in [1.54, 1.807) is 26.0 Å². The average molecular weight is 554 g/mol. The number of sulfonamides is 1. The van der Waals surface area contributed by atoms with Crippen molar-refractivity contribution in [2.24, 2.45) is 5.10 Å². The molecule has 1 amide bonds. The minimum atomic E-state index is -3.97. The van der Waals surface area contributed by atoms with Gasteiger partial charge in [-0.15, -0.1) is 0 Å². The van der Waals surface area contributed by atoms with Crippen LogP contribution in [0.5, 0.6) is 17.2 Å². The Kier molecular flexibility index (Phi) is 10.1. The molecule has 0 saturated carbocycles. The van der Waals surface area contributed by atoms with E-state index in [1.165, 1.54) is 31.8 Å². The summed E-state index contributed by atoms with van der Waals surface area (Å²) in [7, 11) is 0.536. The van der Waals surface area contributed by atoms with Gasteiger partial charge < -0.3 is 14.2 Å². The molecular weight excluding hydrogens is 518 g/mol. The van der Waals surface area contributed by atoms with Crippen molar-refractivity contribution in [1.29, 1.82) is 0 Å². The maximum atomic E-state index is 13.8. The molecule has 3 rings (SSSR count). The number of carbonyl (C=O) groups excluding carboxylic acids is 1. The summed E-state index contributed by atoms with van der Waals surface area (Å²) < 4.78 is 44.8. The molecule has 208 valence electrons. The Labute approximate surface area is 230 Å². The van der Waals surface area contributed by atoms with Gasteiger partial charge in [-0.3, -0.25) is 4.79 Å². The number of methoxy groups -OCH3 is 3. The van der Waals surface area contributed by atoms with Gasteiger partial charge >= 0.3 is 0 Å². The van der Waals surface area contributed by atoms with E-state index in [0.717, 1.165) is 11.1 Å². The Morgan fingerprint density at radius 3 is 2.05 bits per heavy atom. The molecule has 10 heteroatoms. The fourth-order valence-electron chi connectivity index (χ4n) is 4.44. The first-order valence-electron chi connectivity index (χ1n) is 12.3. The highest BCUT2D eigenvalue weighted by Gasteiger charge is 2.29. The summed E-state index contributed by atoms with van der Waals surface area (Å²) in [6, 6.07) is 16.6. The Bertz CT molecular complexity index is 1390. The van der Waals surface area contributed by atoms with Crippen molar-refractivity contribution in [2.45, 2.75) is 32.1 Å². The van der Waals surface area contributed by atoms with Crippen LogP contribution >= 0.6 is 0 Å². The van der Waals surface area contributed by atoms with Crippen LogP contribution in [0.4, 0.5) is 0 Å². The van der Waals surface area contributed by atoms with Crippen LogP contribution in [0, 0.1) is 20.8 Å². The van der Waals surface area contributed by atoms with Crippen LogP contribution in [0.2, 0.25) is 0 Å². The number of hydrogen-bond donors (Lipinski definition) is 1. The smallest absolute Gasteiger partial charge is 0.255 e. The van der Waals surface area contributed by atoms with Crippen molar-refractivity contribution in [3.8, 4) is 17.2 Å². The molecule has 1 N–H and O–H groups in total. The zero-order valence-corrected chi connectivity index (χ0v) is 24.0.